The Hall–Kier alpha value is -3.02. The molecule has 0 bridgehead atoms. The monoisotopic (exact) mass is 394 g/mol. The SMILES string of the molecule is CCN(CC)c1ccc(NC(=O)C(=O)N2CCN(c3cccc(C)c3)CC2)cc1. The molecule has 2 aromatic rings. The van der Waals surface area contributed by atoms with Crippen molar-refractivity contribution in [2.75, 3.05) is 54.4 Å². The first-order valence-electron chi connectivity index (χ1n) is 10.3. The standard InChI is InChI=1S/C23H30N4O2/c1-4-25(5-2)20-11-9-19(10-12-20)24-22(28)23(29)27-15-13-26(14-16-27)21-8-6-7-18(3)17-21/h6-12,17H,4-5,13-16H2,1-3H3,(H,24,28). The summed E-state index contributed by atoms with van der Waals surface area (Å²) in [5.74, 6) is -1.05. The second kappa shape index (κ2) is 9.45. The lowest BCUT2D eigenvalue weighted by Gasteiger charge is -2.35. The number of nitrogens with one attached hydrogen (secondary N) is 1. The first-order valence-corrected chi connectivity index (χ1v) is 10.3. The zero-order valence-corrected chi connectivity index (χ0v) is 17.5. The Bertz CT molecular complexity index is 838. The molecule has 0 atom stereocenters. The fourth-order valence-corrected chi connectivity index (χ4v) is 3.66. The number of aryl methyl sites for hydroxylation is 1. The Morgan fingerprint density at radius 2 is 1.62 bits per heavy atom. The van der Waals surface area contributed by atoms with E-state index in [-0.39, 0.29) is 0 Å². The van der Waals surface area contributed by atoms with Crippen molar-refractivity contribution in [2.45, 2.75) is 20.8 Å². The van der Waals surface area contributed by atoms with E-state index in [0.717, 1.165) is 37.6 Å². The number of carbonyl (C=O) groups excluding carboxylic acids is 2. The summed E-state index contributed by atoms with van der Waals surface area (Å²) >= 11 is 0. The van der Waals surface area contributed by atoms with Crippen LogP contribution in [0.3, 0.4) is 0 Å². The molecule has 6 heteroatoms. The van der Waals surface area contributed by atoms with Gasteiger partial charge in [0.05, 0.1) is 0 Å². The van der Waals surface area contributed by atoms with E-state index in [2.05, 4.69) is 54.1 Å². The van der Waals surface area contributed by atoms with Crippen LogP contribution in [0.5, 0.6) is 0 Å². The van der Waals surface area contributed by atoms with Crippen LogP contribution in [0, 0.1) is 6.92 Å². The quantitative estimate of drug-likeness (QED) is 0.792. The van der Waals surface area contributed by atoms with Crippen molar-refractivity contribution >= 4 is 28.9 Å². The Kier molecular flexibility index (Phi) is 6.75. The predicted octanol–water partition coefficient (Wildman–Crippen LogP) is 3.13. The highest BCUT2D eigenvalue weighted by atomic mass is 16.2. The number of rotatable bonds is 5. The summed E-state index contributed by atoms with van der Waals surface area (Å²) in [6.07, 6.45) is 0. The molecular formula is C23H30N4O2. The van der Waals surface area contributed by atoms with Crippen LogP contribution in [0.4, 0.5) is 17.1 Å². The molecule has 0 aliphatic carbocycles. The third-order valence-corrected chi connectivity index (χ3v) is 5.38. The third kappa shape index (κ3) is 5.08. The minimum atomic E-state index is -0.579. The maximum atomic E-state index is 12.6. The molecule has 3 rings (SSSR count). The van der Waals surface area contributed by atoms with E-state index in [9.17, 15) is 9.59 Å². The van der Waals surface area contributed by atoms with E-state index in [4.69, 9.17) is 0 Å². The van der Waals surface area contributed by atoms with Gasteiger partial charge in [0.1, 0.15) is 0 Å². The van der Waals surface area contributed by atoms with E-state index in [0.29, 0.717) is 18.8 Å². The lowest BCUT2D eigenvalue weighted by atomic mass is 10.2. The molecule has 1 aliphatic rings. The minimum Gasteiger partial charge on any atom is -0.372 e. The van der Waals surface area contributed by atoms with E-state index in [1.165, 1.54) is 5.56 Å². The molecule has 1 aliphatic heterocycles. The van der Waals surface area contributed by atoms with Crippen LogP contribution in [0.2, 0.25) is 0 Å². The maximum absolute atomic E-state index is 12.6. The molecule has 0 aromatic heterocycles. The summed E-state index contributed by atoms with van der Waals surface area (Å²) in [5, 5.41) is 2.73. The number of hydrogen-bond donors (Lipinski definition) is 1. The van der Waals surface area contributed by atoms with Gasteiger partial charge in [0.2, 0.25) is 0 Å². The summed E-state index contributed by atoms with van der Waals surface area (Å²) in [4.78, 5) is 31.1. The Balaban J connectivity index is 1.54. The molecule has 6 nitrogen and oxygen atoms in total. The largest absolute Gasteiger partial charge is 0.372 e. The van der Waals surface area contributed by atoms with Gasteiger partial charge in [0, 0.05) is 56.3 Å². The lowest BCUT2D eigenvalue weighted by Crippen LogP contribution is -2.51. The van der Waals surface area contributed by atoms with Crippen LogP contribution in [0.15, 0.2) is 48.5 Å². The van der Waals surface area contributed by atoms with Gasteiger partial charge in [-0.25, -0.2) is 0 Å². The van der Waals surface area contributed by atoms with Gasteiger partial charge in [-0.2, -0.15) is 0 Å². The molecule has 2 aromatic carbocycles. The smallest absolute Gasteiger partial charge is 0.313 e. The van der Waals surface area contributed by atoms with Gasteiger partial charge in [-0.05, 0) is 62.7 Å². The normalized spacial score (nSPS) is 13.9. The predicted molar refractivity (Wildman–Crippen MR) is 119 cm³/mol. The molecule has 0 saturated carbocycles. The molecule has 1 fully saturated rings. The zero-order valence-electron chi connectivity index (χ0n) is 17.5. The summed E-state index contributed by atoms with van der Waals surface area (Å²) in [6, 6.07) is 16.0. The van der Waals surface area contributed by atoms with Gasteiger partial charge in [0.15, 0.2) is 0 Å². The van der Waals surface area contributed by atoms with Crippen molar-refractivity contribution in [1.29, 1.82) is 0 Å². The van der Waals surface area contributed by atoms with Crippen LogP contribution in [-0.4, -0.2) is 56.0 Å². The number of nitrogens with zero attached hydrogens (tertiary/aromatic N) is 3. The van der Waals surface area contributed by atoms with Crippen LogP contribution in [0.1, 0.15) is 19.4 Å². The fourth-order valence-electron chi connectivity index (χ4n) is 3.66. The van der Waals surface area contributed by atoms with Crippen molar-refractivity contribution < 1.29 is 9.59 Å². The van der Waals surface area contributed by atoms with Crippen molar-refractivity contribution in [3.63, 3.8) is 0 Å². The third-order valence-electron chi connectivity index (χ3n) is 5.38. The Labute approximate surface area is 173 Å². The van der Waals surface area contributed by atoms with E-state index >= 15 is 0 Å². The van der Waals surface area contributed by atoms with E-state index in [1.54, 1.807) is 4.90 Å². The minimum absolute atomic E-state index is 0.471. The summed E-state index contributed by atoms with van der Waals surface area (Å²) in [7, 11) is 0. The Morgan fingerprint density at radius 1 is 0.966 bits per heavy atom. The van der Waals surface area contributed by atoms with Gasteiger partial charge < -0.3 is 20.0 Å². The lowest BCUT2D eigenvalue weighted by molar-refractivity contribution is -0.143. The number of amides is 2. The van der Waals surface area contributed by atoms with Crippen molar-refractivity contribution in [2.24, 2.45) is 0 Å². The van der Waals surface area contributed by atoms with Crippen molar-refractivity contribution in [3.05, 3.63) is 54.1 Å². The topological polar surface area (TPSA) is 55.9 Å². The van der Waals surface area contributed by atoms with E-state index in [1.807, 2.05) is 30.3 Å². The molecule has 2 amide bonds. The van der Waals surface area contributed by atoms with Crippen molar-refractivity contribution in [1.82, 2.24) is 4.90 Å². The van der Waals surface area contributed by atoms with Gasteiger partial charge in [0.25, 0.3) is 0 Å². The molecule has 1 saturated heterocycles. The number of hydrogen-bond acceptors (Lipinski definition) is 4. The van der Waals surface area contributed by atoms with Crippen LogP contribution in [0.25, 0.3) is 0 Å². The van der Waals surface area contributed by atoms with Crippen LogP contribution >= 0.6 is 0 Å². The zero-order chi connectivity index (χ0) is 20.8. The maximum Gasteiger partial charge on any atom is 0.313 e. The molecule has 1 N–H and O–H groups in total. The fraction of sp³-hybridized carbons (Fsp3) is 0.391. The highest BCUT2D eigenvalue weighted by Gasteiger charge is 2.26. The number of anilines is 3. The molecular weight excluding hydrogens is 364 g/mol. The second-order valence-corrected chi connectivity index (χ2v) is 7.29. The summed E-state index contributed by atoms with van der Waals surface area (Å²) in [5.41, 5.74) is 4.12. The summed E-state index contributed by atoms with van der Waals surface area (Å²) in [6.45, 7) is 10.7. The molecule has 29 heavy (non-hydrogen) atoms. The molecule has 0 radical (unpaired) electrons. The highest BCUT2D eigenvalue weighted by molar-refractivity contribution is 6.39. The Morgan fingerprint density at radius 3 is 2.21 bits per heavy atom. The summed E-state index contributed by atoms with van der Waals surface area (Å²) < 4.78 is 0. The van der Waals surface area contributed by atoms with Crippen molar-refractivity contribution in [3.8, 4) is 0 Å². The van der Waals surface area contributed by atoms with Gasteiger partial charge in [-0.15, -0.1) is 0 Å². The highest BCUT2D eigenvalue weighted by Crippen LogP contribution is 2.19. The number of carbonyl (C=O) groups is 2. The average molecular weight is 395 g/mol. The second-order valence-electron chi connectivity index (χ2n) is 7.29. The van der Waals surface area contributed by atoms with Crippen LogP contribution < -0.4 is 15.1 Å². The van der Waals surface area contributed by atoms with Gasteiger partial charge in [-0.1, -0.05) is 12.1 Å². The first kappa shape index (κ1) is 20.7. The number of benzene rings is 2. The van der Waals surface area contributed by atoms with Gasteiger partial charge in [-0.3, -0.25) is 9.59 Å². The van der Waals surface area contributed by atoms with Gasteiger partial charge >= 0.3 is 11.8 Å². The molecule has 154 valence electrons. The molecule has 0 spiro atoms. The molecule has 0 unspecified atom stereocenters. The van der Waals surface area contributed by atoms with E-state index < -0.39 is 11.8 Å². The van der Waals surface area contributed by atoms with Crippen LogP contribution in [-0.2, 0) is 9.59 Å². The molecule has 1 heterocycles. The first-order chi connectivity index (χ1) is 14.0. The number of piperazine rings is 1. The average Bonchev–Trinajstić information content (AvgIpc) is 2.75.